The van der Waals surface area contributed by atoms with Gasteiger partial charge in [0.2, 0.25) is 0 Å². The summed E-state index contributed by atoms with van der Waals surface area (Å²) in [5, 5.41) is 19.4. The topological polar surface area (TPSA) is 58.9 Å². The molecule has 0 aromatic rings. The quantitative estimate of drug-likeness (QED) is 0.453. The second kappa shape index (κ2) is 10.4. The predicted octanol–water partition coefficient (Wildman–Crippen LogP) is 4.05. The van der Waals surface area contributed by atoms with Gasteiger partial charge in [0.1, 0.15) is 0 Å². The molecule has 2 aliphatic carbocycles. The van der Waals surface area contributed by atoms with Crippen molar-refractivity contribution in [3.05, 3.63) is 0 Å². The van der Waals surface area contributed by atoms with Gasteiger partial charge in [0.05, 0.1) is 32.3 Å². The first kappa shape index (κ1) is 27.7. The van der Waals surface area contributed by atoms with Gasteiger partial charge in [-0.05, 0) is 95.7 Å². The summed E-state index contributed by atoms with van der Waals surface area (Å²) in [6, 6.07) is 0. The molecule has 31 heavy (non-hydrogen) atoms. The molecule has 4 nitrogen and oxygen atoms in total. The first-order chi connectivity index (χ1) is 14.0. The molecule has 8 atom stereocenters. The fourth-order valence-electron chi connectivity index (χ4n) is 5.10. The Morgan fingerprint density at radius 2 is 1.35 bits per heavy atom. The van der Waals surface area contributed by atoms with E-state index >= 15 is 0 Å². The maximum atomic E-state index is 9.77. The Labute approximate surface area is 193 Å². The van der Waals surface area contributed by atoms with Crippen LogP contribution in [0.25, 0.3) is 0 Å². The van der Waals surface area contributed by atoms with Crippen LogP contribution < -0.4 is 0 Å². The summed E-state index contributed by atoms with van der Waals surface area (Å²) in [5.41, 5.74) is 0. The lowest BCUT2D eigenvalue weighted by atomic mass is 9.83. The van der Waals surface area contributed by atoms with Gasteiger partial charge in [0.15, 0.2) is 5.79 Å². The van der Waals surface area contributed by atoms with Crippen molar-refractivity contribution in [1.29, 1.82) is 0 Å². The van der Waals surface area contributed by atoms with Crippen LogP contribution in [0.15, 0.2) is 0 Å². The van der Waals surface area contributed by atoms with Crippen molar-refractivity contribution >= 4 is 34.2 Å². The van der Waals surface area contributed by atoms with Crippen molar-refractivity contribution in [1.82, 2.24) is 0 Å². The van der Waals surface area contributed by atoms with Gasteiger partial charge in [0.25, 0.3) is 0 Å². The van der Waals surface area contributed by atoms with Crippen molar-refractivity contribution in [3.8, 4) is 0 Å². The second-order valence-corrected chi connectivity index (χ2v) is 20.7. The van der Waals surface area contributed by atoms with Crippen LogP contribution in [0.3, 0.4) is 0 Å². The highest BCUT2D eigenvalue weighted by Gasteiger charge is 2.51. The first-order valence-corrected chi connectivity index (χ1v) is 17.9. The zero-order chi connectivity index (χ0) is 23.8. The molecule has 2 radical (unpaired) electrons. The average Bonchev–Trinajstić information content (AvgIpc) is 3.16. The fourth-order valence-corrected chi connectivity index (χ4v) is 7.17. The van der Waals surface area contributed by atoms with E-state index in [9.17, 15) is 10.2 Å². The van der Waals surface area contributed by atoms with E-state index < -0.39 is 31.8 Å². The Morgan fingerprint density at radius 1 is 0.871 bits per heavy atom. The van der Waals surface area contributed by atoms with E-state index in [1.165, 1.54) is 12.6 Å². The van der Waals surface area contributed by atoms with Gasteiger partial charge in [-0.3, -0.25) is 0 Å². The van der Waals surface area contributed by atoms with Crippen LogP contribution >= 0.6 is 13.8 Å². The molecule has 0 bridgehead atoms. The molecule has 7 heteroatoms. The zero-order valence-corrected chi connectivity index (χ0v) is 22.7. The Hall–Kier alpha value is 0.505. The standard InChI is InChI=1S/C13H24BO2P.C11H23O2P/c1-13(2)15-11-9(6-7-17(3,4)5)8-10(14)12(11)16-13;1-8-7-9(11(13)10(8)12)5-6-14(2,3)4/h9-12H,3,6-8H2,1-2,4-5H3;8-13H,2,5-7H2,1,3-4H3/t9-,10+,11+,12?;8-,9+,10?,11-/m01/s1. The predicted molar refractivity (Wildman–Crippen MR) is 141 cm³/mol. The zero-order valence-electron chi connectivity index (χ0n) is 21.0. The number of hydrogen-bond donors (Lipinski definition) is 2. The third-order valence-corrected chi connectivity index (χ3v) is 9.86. The van der Waals surface area contributed by atoms with Crippen LogP contribution in [0.1, 0.15) is 46.5 Å². The summed E-state index contributed by atoms with van der Waals surface area (Å²) in [6.07, 6.45) is 14.3. The SMILES string of the molecule is C=P(C)(C)CC[C@H]1C[C@@H](C)C(O)[C@@H]1O.[B][C@@H]1C[C@H](CCP(=C)(C)C)[C@H]2OC(C)(C)OC12. The van der Waals surface area contributed by atoms with Crippen LogP contribution in [0.5, 0.6) is 0 Å². The monoisotopic (exact) mass is 472 g/mol. The molecule has 2 unspecified atom stereocenters. The molecule has 180 valence electrons. The maximum Gasteiger partial charge on any atom is 0.163 e. The maximum absolute atomic E-state index is 9.77. The summed E-state index contributed by atoms with van der Waals surface area (Å²) in [6.45, 7) is 13.1. The van der Waals surface area contributed by atoms with Crippen LogP contribution in [0, 0.1) is 17.8 Å². The van der Waals surface area contributed by atoms with E-state index in [1.807, 2.05) is 20.8 Å². The molecular formula is C24H47BO4P2. The normalized spacial score (nSPS) is 39.8. The van der Waals surface area contributed by atoms with E-state index in [0.717, 1.165) is 25.4 Å². The van der Waals surface area contributed by atoms with Crippen LogP contribution in [0.2, 0.25) is 5.82 Å². The number of rotatable bonds is 6. The lowest BCUT2D eigenvalue weighted by Gasteiger charge is -2.24. The van der Waals surface area contributed by atoms with Gasteiger partial charge in [-0.25, -0.2) is 0 Å². The van der Waals surface area contributed by atoms with Crippen molar-refractivity contribution in [3.63, 3.8) is 0 Å². The fraction of sp³-hybridized carbons (Fsp3) is 0.917. The van der Waals surface area contributed by atoms with Gasteiger partial charge < -0.3 is 19.7 Å². The van der Waals surface area contributed by atoms with E-state index in [4.69, 9.17) is 17.3 Å². The number of aliphatic hydroxyl groups is 2. The smallest absolute Gasteiger partial charge is 0.163 e. The van der Waals surface area contributed by atoms with Crippen LogP contribution in [-0.2, 0) is 9.47 Å². The van der Waals surface area contributed by atoms with Gasteiger partial charge in [-0.15, -0.1) is 26.4 Å². The second-order valence-electron chi connectivity index (χ2n) is 12.1. The Bertz CT molecular complexity index is 685. The van der Waals surface area contributed by atoms with Gasteiger partial charge >= 0.3 is 0 Å². The minimum Gasteiger partial charge on any atom is -0.390 e. The third kappa shape index (κ3) is 8.34. The Kier molecular flexibility index (Phi) is 9.32. The largest absolute Gasteiger partial charge is 0.390 e. The summed E-state index contributed by atoms with van der Waals surface area (Å²) < 4.78 is 11.9. The lowest BCUT2D eigenvalue weighted by Crippen LogP contribution is -2.27. The van der Waals surface area contributed by atoms with Crippen LogP contribution in [-0.4, -0.2) is 99.8 Å². The summed E-state index contributed by atoms with van der Waals surface area (Å²) in [4.78, 5) is 0. The van der Waals surface area contributed by atoms with E-state index in [0.29, 0.717) is 11.8 Å². The Balaban J connectivity index is 0.000000225. The molecule has 0 spiro atoms. The molecular weight excluding hydrogens is 425 g/mol. The first-order valence-electron chi connectivity index (χ1n) is 11.8. The molecule has 0 aromatic carbocycles. The van der Waals surface area contributed by atoms with E-state index in [1.54, 1.807) is 0 Å². The molecule has 1 saturated heterocycles. The van der Waals surface area contributed by atoms with Crippen molar-refractivity contribution < 1.29 is 19.7 Å². The van der Waals surface area contributed by atoms with Gasteiger partial charge in [-0.2, -0.15) is 0 Å². The molecule has 3 fully saturated rings. The number of ether oxygens (including phenoxy) is 2. The summed E-state index contributed by atoms with van der Waals surface area (Å²) in [7, 11) is 6.16. The average molecular weight is 472 g/mol. The molecule has 2 N–H and O–H groups in total. The Morgan fingerprint density at radius 3 is 1.81 bits per heavy atom. The van der Waals surface area contributed by atoms with Gasteiger partial charge in [-0.1, -0.05) is 13.3 Å². The van der Waals surface area contributed by atoms with E-state index in [-0.39, 0.29) is 23.9 Å². The van der Waals surface area contributed by atoms with E-state index in [2.05, 4.69) is 39.3 Å². The van der Waals surface area contributed by atoms with Crippen molar-refractivity contribution in [2.45, 2.75) is 82.5 Å². The highest BCUT2D eigenvalue weighted by Crippen LogP contribution is 2.49. The summed E-state index contributed by atoms with van der Waals surface area (Å²) in [5.74, 6) is 0.777. The highest BCUT2D eigenvalue weighted by atomic mass is 31.2. The third-order valence-electron chi connectivity index (χ3n) is 6.93. The molecule has 2 saturated carbocycles. The molecule has 1 heterocycles. The highest BCUT2D eigenvalue weighted by molar-refractivity contribution is 7.72. The molecule has 3 aliphatic rings. The summed E-state index contributed by atoms with van der Waals surface area (Å²) >= 11 is 0. The number of fused-ring (bicyclic) bond motifs is 1. The van der Waals surface area contributed by atoms with Crippen molar-refractivity contribution in [2.75, 3.05) is 39.0 Å². The van der Waals surface area contributed by atoms with Gasteiger partial charge in [0, 0.05) is 0 Å². The molecule has 1 aliphatic heterocycles. The molecule has 0 amide bonds. The number of aliphatic hydroxyl groups excluding tert-OH is 2. The minimum atomic E-state index is -0.977. The minimum absolute atomic E-state index is 0.0984. The van der Waals surface area contributed by atoms with Crippen LogP contribution in [0.4, 0.5) is 0 Å². The number of hydrogen-bond acceptors (Lipinski definition) is 4. The van der Waals surface area contributed by atoms with Crippen molar-refractivity contribution in [2.24, 2.45) is 17.8 Å². The lowest BCUT2D eigenvalue weighted by molar-refractivity contribution is -0.156. The molecule has 3 rings (SSSR count). The molecule has 0 aromatic heterocycles.